The number of aryl methyl sites for hydroxylation is 1. The zero-order valence-corrected chi connectivity index (χ0v) is 13.5. The number of nitrogens with zero attached hydrogens (tertiary/aromatic N) is 2. The summed E-state index contributed by atoms with van der Waals surface area (Å²) in [4.78, 5) is 15.8. The molecule has 130 valence electrons. The van der Waals surface area contributed by atoms with Crippen LogP contribution in [-0.4, -0.2) is 16.0 Å². The van der Waals surface area contributed by atoms with E-state index < -0.39 is 11.7 Å². The number of benzene rings is 1. The second kappa shape index (κ2) is 7.06. The van der Waals surface area contributed by atoms with Gasteiger partial charge >= 0.3 is 6.18 Å². The standard InChI is InChI=1S/C16H12F3N3O2S/c17-16(18,19)12-4-1-10(2-5-12)14-11(9-21-24-14)3-6-13(23)22-15-20-7-8-25-15/h1-2,4-5,7-9H,3,6H2,(H,20,22,23). The van der Waals surface area contributed by atoms with Crippen molar-refractivity contribution in [2.24, 2.45) is 0 Å². The Bertz CT molecular complexity index is 842. The van der Waals surface area contributed by atoms with E-state index in [2.05, 4.69) is 15.5 Å². The first-order valence-electron chi connectivity index (χ1n) is 7.24. The average Bonchev–Trinajstić information content (AvgIpc) is 3.23. The van der Waals surface area contributed by atoms with Gasteiger partial charge in [-0.2, -0.15) is 13.2 Å². The topological polar surface area (TPSA) is 68.0 Å². The Morgan fingerprint density at radius 1 is 1.24 bits per heavy atom. The van der Waals surface area contributed by atoms with Crippen LogP contribution in [0.3, 0.4) is 0 Å². The van der Waals surface area contributed by atoms with Crippen LogP contribution in [0.2, 0.25) is 0 Å². The second-order valence-electron chi connectivity index (χ2n) is 5.14. The Morgan fingerprint density at radius 3 is 2.64 bits per heavy atom. The summed E-state index contributed by atoms with van der Waals surface area (Å²) in [6.07, 6.45) is -0.825. The van der Waals surface area contributed by atoms with Gasteiger partial charge in [0.05, 0.1) is 11.8 Å². The molecule has 0 aliphatic carbocycles. The number of hydrogen-bond donors (Lipinski definition) is 1. The number of amides is 1. The van der Waals surface area contributed by atoms with Crippen LogP contribution in [0, 0.1) is 0 Å². The molecular weight excluding hydrogens is 355 g/mol. The lowest BCUT2D eigenvalue weighted by molar-refractivity contribution is -0.137. The van der Waals surface area contributed by atoms with Gasteiger partial charge in [0.25, 0.3) is 0 Å². The van der Waals surface area contributed by atoms with Crippen molar-refractivity contribution in [2.45, 2.75) is 19.0 Å². The molecule has 0 spiro atoms. The number of carbonyl (C=O) groups excluding carboxylic acids is 1. The zero-order valence-electron chi connectivity index (χ0n) is 12.7. The molecule has 0 aliphatic rings. The van der Waals surface area contributed by atoms with Gasteiger partial charge in [0.15, 0.2) is 10.9 Å². The number of nitrogens with one attached hydrogen (secondary N) is 1. The number of halogens is 3. The molecule has 5 nitrogen and oxygen atoms in total. The lowest BCUT2D eigenvalue weighted by Gasteiger charge is -2.07. The van der Waals surface area contributed by atoms with Crippen LogP contribution < -0.4 is 5.32 Å². The molecule has 0 unspecified atom stereocenters. The molecule has 9 heteroatoms. The van der Waals surface area contributed by atoms with Crippen molar-refractivity contribution in [3.8, 4) is 11.3 Å². The molecule has 1 amide bonds. The fourth-order valence-corrected chi connectivity index (χ4v) is 2.75. The Morgan fingerprint density at radius 2 is 2.00 bits per heavy atom. The summed E-state index contributed by atoms with van der Waals surface area (Å²) in [7, 11) is 0. The van der Waals surface area contributed by atoms with Gasteiger partial charge in [-0.15, -0.1) is 11.3 Å². The molecule has 0 bridgehead atoms. The summed E-state index contributed by atoms with van der Waals surface area (Å²) in [6.45, 7) is 0. The van der Waals surface area contributed by atoms with Crippen LogP contribution in [0.25, 0.3) is 11.3 Å². The maximum absolute atomic E-state index is 12.6. The first-order valence-corrected chi connectivity index (χ1v) is 8.12. The molecule has 0 radical (unpaired) electrons. The molecule has 2 aromatic heterocycles. The van der Waals surface area contributed by atoms with Crippen molar-refractivity contribution in [1.82, 2.24) is 10.1 Å². The second-order valence-corrected chi connectivity index (χ2v) is 6.04. The Labute approximate surface area is 144 Å². The molecule has 2 heterocycles. The molecule has 0 aliphatic heterocycles. The van der Waals surface area contributed by atoms with Gasteiger partial charge in [0.1, 0.15) is 0 Å². The number of carbonyl (C=O) groups is 1. The Hall–Kier alpha value is -2.68. The molecule has 0 atom stereocenters. The van der Waals surface area contributed by atoms with Crippen molar-refractivity contribution in [1.29, 1.82) is 0 Å². The van der Waals surface area contributed by atoms with Crippen LogP contribution >= 0.6 is 11.3 Å². The maximum Gasteiger partial charge on any atom is 0.416 e. The highest BCUT2D eigenvalue weighted by molar-refractivity contribution is 7.13. The van der Waals surface area contributed by atoms with Crippen molar-refractivity contribution in [3.05, 3.63) is 53.2 Å². The first kappa shape index (κ1) is 17.2. The molecule has 0 fully saturated rings. The molecule has 1 N–H and O–H groups in total. The van der Waals surface area contributed by atoms with Gasteiger partial charge in [-0.1, -0.05) is 17.3 Å². The molecule has 25 heavy (non-hydrogen) atoms. The lowest BCUT2D eigenvalue weighted by atomic mass is 10.0. The van der Waals surface area contributed by atoms with Crippen LogP contribution in [0.15, 0.2) is 46.6 Å². The normalized spacial score (nSPS) is 11.5. The third kappa shape index (κ3) is 4.24. The van der Waals surface area contributed by atoms with E-state index >= 15 is 0 Å². The third-order valence-electron chi connectivity index (χ3n) is 3.42. The van der Waals surface area contributed by atoms with Crippen molar-refractivity contribution in [3.63, 3.8) is 0 Å². The van der Waals surface area contributed by atoms with Gasteiger partial charge in [-0.3, -0.25) is 4.79 Å². The zero-order chi connectivity index (χ0) is 17.9. The number of hydrogen-bond acceptors (Lipinski definition) is 5. The molecule has 3 rings (SSSR count). The number of rotatable bonds is 5. The largest absolute Gasteiger partial charge is 0.416 e. The van der Waals surface area contributed by atoms with Gasteiger partial charge in [-0.25, -0.2) is 4.98 Å². The lowest BCUT2D eigenvalue weighted by Crippen LogP contribution is -2.12. The highest BCUT2D eigenvalue weighted by atomic mass is 32.1. The van der Waals surface area contributed by atoms with E-state index in [1.807, 2.05) is 0 Å². The van der Waals surface area contributed by atoms with Gasteiger partial charge in [0.2, 0.25) is 5.91 Å². The van der Waals surface area contributed by atoms with Crippen LogP contribution in [-0.2, 0) is 17.4 Å². The van der Waals surface area contributed by atoms with E-state index in [1.54, 1.807) is 11.6 Å². The summed E-state index contributed by atoms with van der Waals surface area (Å²) in [5, 5.41) is 8.60. The fourth-order valence-electron chi connectivity index (χ4n) is 2.20. The SMILES string of the molecule is O=C(CCc1cnoc1-c1ccc(C(F)(F)F)cc1)Nc1nccs1. The molecule has 0 saturated carbocycles. The summed E-state index contributed by atoms with van der Waals surface area (Å²) in [5.41, 5.74) is 0.384. The quantitative estimate of drug-likeness (QED) is 0.726. The summed E-state index contributed by atoms with van der Waals surface area (Å²) in [5.74, 6) is 0.144. The van der Waals surface area contributed by atoms with E-state index in [0.29, 0.717) is 28.4 Å². The highest BCUT2D eigenvalue weighted by Crippen LogP contribution is 2.32. The van der Waals surface area contributed by atoms with Gasteiger partial charge in [-0.05, 0) is 18.6 Å². The Kier molecular flexibility index (Phi) is 4.84. The smallest absolute Gasteiger partial charge is 0.356 e. The number of aromatic nitrogens is 2. The van der Waals surface area contributed by atoms with E-state index in [9.17, 15) is 18.0 Å². The van der Waals surface area contributed by atoms with Crippen molar-refractivity contribution < 1.29 is 22.5 Å². The van der Waals surface area contributed by atoms with Crippen LogP contribution in [0.5, 0.6) is 0 Å². The summed E-state index contributed by atoms with van der Waals surface area (Å²) in [6, 6.07) is 4.61. The monoisotopic (exact) mass is 367 g/mol. The molecule has 3 aromatic rings. The van der Waals surface area contributed by atoms with Crippen molar-refractivity contribution >= 4 is 22.4 Å². The number of thiazole rings is 1. The number of alkyl halides is 3. The van der Waals surface area contributed by atoms with Crippen LogP contribution in [0.4, 0.5) is 18.3 Å². The number of anilines is 1. The average molecular weight is 367 g/mol. The van der Waals surface area contributed by atoms with E-state index in [1.165, 1.54) is 29.7 Å². The minimum Gasteiger partial charge on any atom is -0.356 e. The van der Waals surface area contributed by atoms with Gasteiger partial charge < -0.3 is 9.84 Å². The maximum atomic E-state index is 12.6. The van der Waals surface area contributed by atoms with Gasteiger partial charge in [0, 0.05) is 29.1 Å². The minimum absolute atomic E-state index is 0.175. The van der Waals surface area contributed by atoms with Crippen molar-refractivity contribution in [2.75, 3.05) is 5.32 Å². The molecule has 0 saturated heterocycles. The Balaban J connectivity index is 1.67. The molecule has 1 aromatic carbocycles. The summed E-state index contributed by atoms with van der Waals surface area (Å²) < 4.78 is 43.0. The predicted octanol–water partition coefficient (Wildman–Crippen LogP) is 4.39. The van der Waals surface area contributed by atoms with E-state index in [0.717, 1.165) is 12.1 Å². The van der Waals surface area contributed by atoms with E-state index in [-0.39, 0.29) is 12.3 Å². The minimum atomic E-state index is -4.39. The fraction of sp³-hybridized carbons (Fsp3) is 0.188. The molecular formula is C16H12F3N3O2S. The first-order chi connectivity index (χ1) is 11.9. The highest BCUT2D eigenvalue weighted by Gasteiger charge is 2.30. The predicted molar refractivity (Wildman–Crippen MR) is 86.0 cm³/mol. The van der Waals surface area contributed by atoms with E-state index in [4.69, 9.17) is 4.52 Å². The van der Waals surface area contributed by atoms with Crippen LogP contribution in [0.1, 0.15) is 17.5 Å². The third-order valence-corrected chi connectivity index (χ3v) is 4.11. The summed E-state index contributed by atoms with van der Waals surface area (Å²) >= 11 is 1.31.